The molecule has 4 rings (SSSR count). The van der Waals surface area contributed by atoms with Crippen LogP contribution in [0.15, 0.2) is 43.1 Å². The summed E-state index contributed by atoms with van der Waals surface area (Å²) < 4.78 is 13.9. The lowest BCUT2D eigenvalue weighted by molar-refractivity contribution is -0.118. The quantitative estimate of drug-likeness (QED) is 0.379. The number of amides is 1. The van der Waals surface area contributed by atoms with Gasteiger partial charge in [-0.3, -0.25) is 4.79 Å². The Bertz CT molecular complexity index is 1120. The summed E-state index contributed by atoms with van der Waals surface area (Å²) in [6, 6.07) is 7.14. The molecule has 1 aliphatic heterocycles. The maximum Gasteiger partial charge on any atom is 0.336 e. The van der Waals surface area contributed by atoms with Gasteiger partial charge in [-0.05, 0) is 36.6 Å². The zero-order valence-corrected chi connectivity index (χ0v) is 18.6. The third kappa shape index (κ3) is 4.93. The molecule has 1 atom stereocenters. The Morgan fingerprint density at radius 1 is 1.33 bits per heavy atom. The van der Waals surface area contributed by atoms with Gasteiger partial charge in [-0.1, -0.05) is 27.7 Å². The van der Waals surface area contributed by atoms with E-state index in [1.165, 1.54) is 17.8 Å². The molecule has 10 heteroatoms. The third-order valence-electron chi connectivity index (χ3n) is 4.95. The van der Waals surface area contributed by atoms with Crippen molar-refractivity contribution in [1.29, 1.82) is 0 Å². The Hall–Kier alpha value is -2.17. The van der Waals surface area contributed by atoms with E-state index < -0.39 is 0 Å². The van der Waals surface area contributed by atoms with Gasteiger partial charge in [-0.2, -0.15) is 0 Å². The molecule has 30 heavy (non-hydrogen) atoms. The topological polar surface area (TPSA) is 113 Å². The third-order valence-corrected chi connectivity index (χ3v) is 6.46. The summed E-state index contributed by atoms with van der Waals surface area (Å²) >= 11 is 4.89. The molecule has 0 spiro atoms. The average Bonchev–Trinajstić information content (AvgIpc) is 3.34. The van der Waals surface area contributed by atoms with Crippen LogP contribution in [0, 0.1) is 0 Å². The molecule has 1 fully saturated rings. The van der Waals surface area contributed by atoms with Crippen LogP contribution in [0.5, 0.6) is 0 Å². The lowest BCUT2D eigenvalue weighted by atomic mass is 10.1. The Labute approximate surface area is 185 Å². The van der Waals surface area contributed by atoms with Crippen molar-refractivity contribution in [2.24, 2.45) is 5.73 Å². The normalized spacial score (nSPS) is 16.4. The standard InChI is InChI=1S/C20H21BrN4O4S/c21-13-3-4-15-12(8-19(27)29-16(15)9-13)11-30-20-24-23-18(6-5-17(22)26)25(20)10-14-2-1-7-28-14/h3-4,8-9,14H,1-2,5-7,10-11H2,(H2,22,26). The van der Waals surface area contributed by atoms with E-state index in [1.54, 1.807) is 6.07 Å². The summed E-state index contributed by atoms with van der Waals surface area (Å²) in [6.07, 6.45) is 2.77. The highest BCUT2D eigenvalue weighted by Gasteiger charge is 2.21. The van der Waals surface area contributed by atoms with Gasteiger partial charge in [0.25, 0.3) is 0 Å². The minimum Gasteiger partial charge on any atom is -0.423 e. The molecule has 2 N–H and O–H groups in total. The van der Waals surface area contributed by atoms with Crippen LogP contribution < -0.4 is 11.4 Å². The summed E-state index contributed by atoms with van der Waals surface area (Å²) in [6.45, 7) is 1.39. The van der Waals surface area contributed by atoms with Crippen molar-refractivity contribution in [3.63, 3.8) is 0 Å². The van der Waals surface area contributed by atoms with E-state index in [1.807, 2.05) is 16.7 Å². The fraction of sp³-hybridized carbons (Fsp3) is 0.400. The maximum absolute atomic E-state index is 12.0. The van der Waals surface area contributed by atoms with Crippen LogP contribution in [0.2, 0.25) is 0 Å². The lowest BCUT2D eigenvalue weighted by Crippen LogP contribution is -2.19. The van der Waals surface area contributed by atoms with E-state index in [2.05, 4.69) is 26.1 Å². The highest BCUT2D eigenvalue weighted by Crippen LogP contribution is 2.28. The van der Waals surface area contributed by atoms with Crippen LogP contribution in [0.4, 0.5) is 0 Å². The number of ether oxygens (including phenoxy) is 1. The summed E-state index contributed by atoms with van der Waals surface area (Å²) in [7, 11) is 0. The number of hydrogen-bond acceptors (Lipinski definition) is 7. The molecule has 0 saturated carbocycles. The first-order chi connectivity index (χ1) is 14.5. The van der Waals surface area contributed by atoms with Crippen LogP contribution >= 0.6 is 27.7 Å². The molecular weight excluding hydrogens is 472 g/mol. The second kappa shape index (κ2) is 9.32. The van der Waals surface area contributed by atoms with E-state index in [-0.39, 0.29) is 24.1 Å². The van der Waals surface area contributed by atoms with Crippen LogP contribution in [-0.4, -0.2) is 33.4 Å². The van der Waals surface area contributed by atoms with Gasteiger partial charge in [0.05, 0.1) is 12.6 Å². The highest BCUT2D eigenvalue weighted by atomic mass is 79.9. The van der Waals surface area contributed by atoms with E-state index in [0.29, 0.717) is 30.1 Å². The Morgan fingerprint density at radius 3 is 2.97 bits per heavy atom. The Morgan fingerprint density at radius 2 is 2.20 bits per heavy atom. The van der Waals surface area contributed by atoms with Crippen molar-refractivity contribution in [2.45, 2.75) is 49.2 Å². The van der Waals surface area contributed by atoms with Gasteiger partial charge in [0.2, 0.25) is 5.91 Å². The number of primary amides is 1. The first kappa shape index (κ1) is 21.1. The molecule has 3 heterocycles. The number of benzene rings is 1. The minimum atomic E-state index is -0.390. The number of aromatic nitrogens is 3. The Kier molecular flexibility index (Phi) is 6.55. The predicted octanol–water partition coefficient (Wildman–Crippen LogP) is 3.04. The summed E-state index contributed by atoms with van der Waals surface area (Å²) in [4.78, 5) is 23.2. The molecule has 1 unspecified atom stereocenters. The average molecular weight is 493 g/mol. The second-order valence-electron chi connectivity index (χ2n) is 7.13. The number of aryl methyl sites for hydroxylation is 1. The van der Waals surface area contributed by atoms with E-state index >= 15 is 0 Å². The summed E-state index contributed by atoms with van der Waals surface area (Å²) in [5.74, 6) is 0.876. The van der Waals surface area contributed by atoms with Gasteiger partial charge >= 0.3 is 5.63 Å². The van der Waals surface area contributed by atoms with Crippen molar-refractivity contribution in [3.05, 3.63) is 50.5 Å². The van der Waals surface area contributed by atoms with Gasteiger partial charge < -0.3 is 19.5 Å². The first-order valence-corrected chi connectivity index (χ1v) is 11.4. The van der Waals surface area contributed by atoms with Gasteiger partial charge in [0, 0.05) is 41.1 Å². The van der Waals surface area contributed by atoms with Crippen LogP contribution in [0.25, 0.3) is 11.0 Å². The molecular formula is C20H21BrN4O4S. The molecule has 8 nitrogen and oxygen atoms in total. The lowest BCUT2D eigenvalue weighted by Gasteiger charge is -2.14. The van der Waals surface area contributed by atoms with Crippen molar-refractivity contribution >= 4 is 44.6 Å². The molecule has 1 aromatic carbocycles. The maximum atomic E-state index is 12.0. The van der Waals surface area contributed by atoms with Crippen molar-refractivity contribution in [1.82, 2.24) is 14.8 Å². The molecule has 0 bridgehead atoms. The highest BCUT2D eigenvalue weighted by molar-refractivity contribution is 9.10. The zero-order valence-electron chi connectivity index (χ0n) is 16.2. The smallest absolute Gasteiger partial charge is 0.336 e. The molecule has 158 valence electrons. The summed E-state index contributed by atoms with van der Waals surface area (Å²) in [5.41, 5.74) is 6.32. The summed E-state index contributed by atoms with van der Waals surface area (Å²) in [5, 5.41) is 10.2. The Balaban J connectivity index is 1.59. The van der Waals surface area contributed by atoms with Crippen LogP contribution in [0.3, 0.4) is 0 Å². The van der Waals surface area contributed by atoms with E-state index in [9.17, 15) is 9.59 Å². The molecule has 1 saturated heterocycles. The molecule has 0 radical (unpaired) electrons. The number of thioether (sulfide) groups is 1. The second-order valence-corrected chi connectivity index (χ2v) is 8.99. The van der Waals surface area contributed by atoms with Gasteiger partial charge in [-0.15, -0.1) is 10.2 Å². The number of carbonyl (C=O) groups excluding carboxylic acids is 1. The number of nitrogens with zero attached hydrogens (tertiary/aromatic N) is 3. The zero-order chi connectivity index (χ0) is 21.1. The molecule has 3 aromatic rings. The van der Waals surface area contributed by atoms with Gasteiger partial charge in [0.15, 0.2) is 5.16 Å². The van der Waals surface area contributed by atoms with Crippen LogP contribution in [-0.2, 0) is 28.2 Å². The fourth-order valence-corrected chi connectivity index (χ4v) is 4.78. The molecule has 0 aliphatic carbocycles. The number of hydrogen-bond donors (Lipinski definition) is 1. The predicted molar refractivity (Wildman–Crippen MR) is 116 cm³/mol. The monoisotopic (exact) mass is 492 g/mol. The van der Waals surface area contributed by atoms with Crippen LogP contribution in [0.1, 0.15) is 30.7 Å². The number of halogens is 1. The van der Waals surface area contributed by atoms with Gasteiger partial charge in [-0.25, -0.2) is 4.79 Å². The number of rotatable bonds is 8. The number of carbonyl (C=O) groups is 1. The largest absolute Gasteiger partial charge is 0.423 e. The van der Waals surface area contributed by atoms with Crippen molar-refractivity contribution < 1.29 is 13.9 Å². The number of nitrogens with two attached hydrogens (primary N) is 1. The molecule has 1 aliphatic rings. The van der Waals surface area contributed by atoms with Crippen molar-refractivity contribution in [3.8, 4) is 0 Å². The number of fused-ring (bicyclic) bond motifs is 1. The first-order valence-electron chi connectivity index (χ1n) is 9.66. The van der Waals surface area contributed by atoms with Gasteiger partial charge in [0.1, 0.15) is 11.4 Å². The fourth-order valence-electron chi connectivity index (χ4n) is 3.49. The minimum absolute atomic E-state index is 0.106. The van der Waals surface area contributed by atoms with E-state index in [4.69, 9.17) is 14.9 Å². The molecule has 1 amide bonds. The SMILES string of the molecule is NC(=O)CCc1nnc(SCc2cc(=O)oc3cc(Br)ccc23)n1CC1CCCO1. The molecule has 2 aromatic heterocycles. The van der Waals surface area contributed by atoms with Crippen molar-refractivity contribution in [2.75, 3.05) is 6.61 Å². The van der Waals surface area contributed by atoms with E-state index in [0.717, 1.165) is 40.0 Å².